The molecule has 44 heavy (non-hydrogen) atoms. The Bertz CT molecular complexity index is 1530. The minimum Gasteiger partial charge on any atom is -0.475 e. The Kier molecular flexibility index (Phi) is 8.31. The van der Waals surface area contributed by atoms with Gasteiger partial charge in [-0.15, -0.1) is 0 Å². The van der Waals surface area contributed by atoms with Gasteiger partial charge in [-0.3, -0.25) is 0 Å². The monoisotopic (exact) mass is 620 g/mol. The van der Waals surface area contributed by atoms with Gasteiger partial charge < -0.3 is 30.2 Å². The van der Waals surface area contributed by atoms with Crippen LogP contribution in [0.15, 0.2) is 30.7 Å². The van der Waals surface area contributed by atoms with Gasteiger partial charge in [0.05, 0.1) is 18.2 Å². The lowest BCUT2D eigenvalue weighted by atomic mass is 9.77. The second kappa shape index (κ2) is 11.6. The normalized spacial score (nSPS) is 23.2. The summed E-state index contributed by atoms with van der Waals surface area (Å²) in [6, 6.07) is 3.86. The lowest BCUT2D eigenvalue weighted by Gasteiger charge is -2.62. The number of pyridine rings is 2. The van der Waals surface area contributed by atoms with Gasteiger partial charge in [-0.05, 0) is 55.8 Å². The lowest BCUT2D eigenvalue weighted by molar-refractivity contribution is -0.192. The molecule has 2 atom stereocenters. The number of anilines is 4. The Morgan fingerprint density at radius 2 is 1.80 bits per heavy atom. The van der Waals surface area contributed by atoms with Gasteiger partial charge in [-0.2, -0.15) is 18.2 Å². The molecule has 0 radical (unpaired) electrons. The molecular weight excluding hydrogens is 584 g/mol. The van der Waals surface area contributed by atoms with E-state index in [0.717, 1.165) is 36.2 Å². The first kappa shape index (κ1) is 31.6. The molecule has 11 nitrogen and oxygen atoms in total. The van der Waals surface area contributed by atoms with Crippen LogP contribution in [-0.4, -0.2) is 104 Å². The van der Waals surface area contributed by atoms with Crippen LogP contribution in [0.25, 0.3) is 10.8 Å². The molecule has 6 heterocycles. The van der Waals surface area contributed by atoms with Gasteiger partial charge in [-0.25, -0.2) is 24.1 Å². The molecule has 3 aliphatic rings. The van der Waals surface area contributed by atoms with Crippen LogP contribution >= 0.6 is 0 Å². The average molecular weight is 621 g/mol. The second-order valence-corrected chi connectivity index (χ2v) is 12.3. The van der Waals surface area contributed by atoms with E-state index in [1.165, 1.54) is 18.9 Å². The molecule has 3 N–H and O–H groups in total. The number of carbonyl (C=O) groups is 1. The Labute approximate surface area is 251 Å². The van der Waals surface area contributed by atoms with Crippen molar-refractivity contribution in [2.75, 3.05) is 54.9 Å². The van der Waals surface area contributed by atoms with Crippen LogP contribution in [0.2, 0.25) is 0 Å². The van der Waals surface area contributed by atoms with Crippen molar-refractivity contribution in [3.63, 3.8) is 0 Å². The molecule has 3 saturated heterocycles. The van der Waals surface area contributed by atoms with Gasteiger partial charge >= 0.3 is 12.1 Å². The molecule has 238 valence electrons. The van der Waals surface area contributed by atoms with E-state index in [-0.39, 0.29) is 12.1 Å². The molecule has 1 spiro atoms. The van der Waals surface area contributed by atoms with Crippen LogP contribution in [0.3, 0.4) is 0 Å². The number of aliphatic hydroxyl groups excluding tert-OH is 1. The number of nitrogens with zero attached hydrogens (tertiary/aromatic N) is 7. The van der Waals surface area contributed by atoms with Crippen molar-refractivity contribution < 1.29 is 32.6 Å². The van der Waals surface area contributed by atoms with Gasteiger partial charge in [0, 0.05) is 50.2 Å². The summed E-state index contributed by atoms with van der Waals surface area (Å²) in [5.74, 6) is 0.278. The predicted molar refractivity (Wildman–Crippen MR) is 157 cm³/mol. The molecule has 6 rings (SSSR count). The van der Waals surface area contributed by atoms with Crippen molar-refractivity contribution in [1.29, 1.82) is 0 Å². The van der Waals surface area contributed by atoms with E-state index in [1.807, 2.05) is 12.4 Å². The molecule has 3 aromatic rings. The predicted octanol–water partition coefficient (Wildman–Crippen LogP) is 4.11. The second-order valence-electron chi connectivity index (χ2n) is 12.3. The largest absolute Gasteiger partial charge is 0.490 e. The van der Waals surface area contributed by atoms with Crippen molar-refractivity contribution in [3.05, 3.63) is 36.3 Å². The van der Waals surface area contributed by atoms with Crippen LogP contribution in [0.5, 0.6) is 0 Å². The quantitative estimate of drug-likeness (QED) is 0.356. The standard InChI is InChI=1S/C27H35FN8O.C2HF3O2/c1-17(2)19-12-31-24(36-10-7-27(36)15-34(4)16-27)20-13-30-23(11-18(19)20)32-22-5-8-29-25(33-22)35-9-6-21(37)26(3,28)14-35;3-2(4,5)1(6)7/h5,8,11-13,17,21,37H,6-7,9-10,14-16H2,1-4H3,(H,29,30,32,33);(H,6,7)/t21-,26+;/m1./s1. The smallest absolute Gasteiger partial charge is 0.475 e. The zero-order valence-electron chi connectivity index (χ0n) is 24.9. The first-order chi connectivity index (χ1) is 20.6. The molecule has 3 aromatic heterocycles. The highest BCUT2D eigenvalue weighted by Gasteiger charge is 2.53. The van der Waals surface area contributed by atoms with Gasteiger partial charge in [0.15, 0.2) is 5.67 Å². The number of carboxylic acids is 1. The molecule has 0 unspecified atom stereocenters. The number of halogens is 4. The number of likely N-dealkylation sites (N-methyl/N-ethyl adjacent to an activating group) is 1. The average Bonchev–Trinajstić information content (AvgIpc) is 2.92. The summed E-state index contributed by atoms with van der Waals surface area (Å²) in [5.41, 5.74) is -0.307. The number of likely N-dealkylation sites (tertiary alicyclic amines) is 1. The van der Waals surface area contributed by atoms with E-state index in [4.69, 9.17) is 19.9 Å². The molecule has 15 heteroatoms. The summed E-state index contributed by atoms with van der Waals surface area (Å²) in [4.78, 5) is 34.1. The van der Waals surface area contributed by atoms with Crippen molar-refractivity contribution in [2.24, 2.45) is 0 Å². The maximum absolute atomic E-state index is 14.7. The van der Waals surface area contributed by atoms with Gasteiger partial charge in [0.25, 0.3) is 0 Å². The van der Waals surface area contributed by atoms with Crippen molar-refractivity contribution in [2.45, 2.75) is 63.0 Å². The van der Waals surface area contributed by atoms with E-state index in [1.54, 1.807) is 17.2 Å². The van der Waals surface area contributed by atoms with Crippen LogP contribution in [-0.2, 0) is 4.79 Å². The third kappa shape index (κ3) is 6.20. The maximum atomic E-state index is 14.7. The number of hydrogen-bond donors (Lipinski definition) is 3. The number of piperidine rings is 1. The first-order valence-electron chi connectivity index (χ1n) is 14.4. The summed E-state index contributed by atoms with van der Waals surface area (Å²) >= 11 is 0. The number of carboxylic acid groups (broad SMARTS) is 1. The highest BCUT2D eigenvalue weighted by molar-refractivity contribution is 5.96. The highest BCUT2D eigenvalue weighted by Crippen LogP contribution is 2.44. The highest BCUT2D eigenvalue weighted by atomic mass is 19.4. The van der Waals surface area contributed by atoms with Crippen LogP contribution in [0.1, 0.15) is 45.1 Å². The van der Waals surface area contributed by atoms with E-state index in [2.05, 4.69) is 52.0 Å². The number of rotatable bonds is 5. The Hall–Kier alpha value is -3.85. The molecule has 0 amide bonds. The Morgan fingerprint density at radius 1 is 1.09 bits per heavy atom. The fourth-order valence-corrected chi connectivity index (χ4v) is 6.05. The fraction of sp³-hybridized carbons (Fsp3) is 0.552. The number of aliphatic hydroxyl groups is 1. The molecule has 0 aliphatic carbocycles. The van der Waals surface area contributed by atoms with Crippen LogP contribution < -0.4 is 15.1 Å². The third-order valence-corrected chi connectivity index (χ3v) is 8.45. The summed E-state index contributed by atoms with van der Waals surface area (Å²) < 4.78 is 46.5. The Morgan fingerprint density at radius 3 is 2.36 bits per heavy atom. The molecule has 0 saturated carbocycles. The molecule has 3 aliphatic heterocycles. The first-order valence-corrected chi connectivity index (χ1v) is 14.4. The molecule has 3 fully saturated rings. The third-order valence-electron chi connectivity index (χ3n) is 8.45. The summed E-state index contributed by atoms with van der Waals surface area (Å²) in [5, 5.41) is 22.6. The fourth-order valence-electron chi connectivity index (χ4n) is 6.05. The Balaban J connectivity index is 0.000000493. The summed E-state index contributed by atoms with van der Waals surface area (Å²) in [6.45, 7) is 9.50. The van der Waals surface area contributed by atoms with E-state index < -0.39 is 23.9 Å². The van der Waals surface area contributed by atoms with Crippen LogP contribution in [0.4, 0.5) is 41.0 Å². The van der Waals surface area contributed by atoms with Crippen molar-refractivity contribution in [1.82, 2.24) is 24.8 Å². The van der Waals surface area contributed by atoms with Gasteiger partial charge in [0.1, 0.15) is 17.5 Å². The number of nitrogens with one attached hydrogen (secondary N) is 1. The molecular formula is C29H36F4N8O3. The van der Waals surface area contributed by atoms with E-state index in [0.29, 0.717) is 36.5 Å². The minimum atomic E-state index is -5.08. The molecule has 0 bridgehead atoms. The zero-order valence-corrected chi connectivity index (χ0v) is 24.9. The number of aliphatic carboxylic acids is 1. The number of aromatic nitrogens is 4. The SMILES string of the molecule is CC(C)c1cnc(N2CCC23CN(C)C3)c2cnc(Nc3ccnc(N4CC[C@@H](O)[C@@](C)(F)C4)n3)cc12.O=C(O)C(F)(F)F. The van der Waals surface area contributed by atoms with Gasteiger partial charge in [-0.1, -0.05) is 13.8 Å². The van der Waals surface area contributed by atoms with Gasteiger partial charge in [0.2, 0.25) is 5.95 Å². The van der Waals surface area contributed by atoms with Crippen molar-refractivity contribution >= 4 is 40.1 Å². The number of hydrogen-bond acceptors (Lipinski definition) is 10. The number of alkyl halides is 4. The maximum Gasteiger partial charge on any atom is 0.490 e. The van der Waals surface area contributed by atoms with E-state index in [9.17, 15) is 22.7 Å². The molecule has 0 aromatic carbocycles. The van der Waals surface area contributed by atoms with E-state index >= 15 is 0 Å². The van der Waals surface area contributed by atoms with Crippen LogP contribution in [0, 0.1) is 0 Å². The van der Waals surface area contributed by atoms with Crippen molar-refractivity contribution in [3.8, 4) is 0 Å². The summed E-state index contributed by atoms with van der Waals surface area (Å²) in [7, 11) is 2.16. The number of fused-ring (bicyclic) bond motifs is 1. The minimum absolute atomic E-state index is 0.0488. The summed E-state index contributed by atoms with van der Waals surface area (Å²) in [6.07, 6.45) is 1.08. The zero-order chi connectivity index (χ0) is 32.0. The lowest BCUT2D eigenvalue weighted by Crippen LogP contribution is -2.76. The topological polar surface area (TPSA) is 131 Å².